The van der Waals surface area contributed by atoms with Gasteiger partial charge in [0.25, 0.3) is 5.91 Å². The molecule has 0 N–H and O–H groups in total. The molecule has 0 radical (unpaired) electrons. The zero-order chi connectivity index (χ0) is 19.1. The molecule has 5 heteroatoms. The highest BCUT2D eigenvalue weighted by Crippen LogP contribution is 2.43. The van der Waals surface area contributed by atoms with Crippen LogP contribution in [-0.4, -0.2) is 49.7 Å². The maximum atomic E-state index is 13.4. The van der Waals surface area contributed by atoms with Gasteiger partial charge in [0.2, 0.25) is 0 Å². The maximum absolute atomic E-state index is 13.4. The number of hydrogen-bond acceptors (Lipinski definition) is 3. The van der Waals surface area contributed by atoms with E-state index in [1.165, 1.54) is 12.0 Å². The second kappa shape index (κ2) is 7.18. The number of benzene rings is 2. The molecule has 0 saturated carbocycles. The first-order valence-electron chi connectivity index (χ1n) is 10.1. The van der Waals surface area contributed by atoms with Gasteiger partial charge in [0.15, 0.2) is 0 Å². The van der Waals surface area contributed by atoms with Gasteiger partial charge in [0.1, 0.15) is 0 Å². The molecule has 2 fully saturated rings. The first-order chi connectivity index (χ1) is 13.6. The standard InChI is InChI=1S/C23H25ClN2O2/c24-19-8-6-17(7-9-19)22(27)26-16-23(12-18-4-1-2-5-21(18)26)10-3-11-25(15-23)20-13-28-14-20/h1-2,4-9,20H,3,10-16H2. The molecule has 1 atom stereocenters. The van der Waals surface area contributed by atoms with Gasteiger partial charge in [-0.3, -0.25) is 9.69 Å². The van der Waals surface area contributed by atoms with Crippen molar-refractivity contribution in [3.8, 4) is 0 Å². The maximum Gasteiger partial charge on any atom is 0.258 e. The number of fused-ring (bicyclic) bond motifs is 1. The van der Waals surface area contributed by atoms with Gasteiger partial charge in [0.05, 0.1) is 19.3 Å². The minimum atomic E-state index is 0.0623. The lowest BCUT2D eigenvalue weighted by Crippen LogP contribution is -2.59. The third-order valence-corrected chi connectivity index (χ3v) is 6.76. The number of piperidine rings is 1. The van der Waals surface area contributed by atoms with E-state index in [0.717, 1.165) is 51.4 Å². The molecule has 0 aliphatic carbocycles. The quantitative estimate of drug-likeness (QED) is 0.768. The summed E-state index contributed by atoms with van der Waals surface area (Å²) in [6.45, 7) is 4.65. The Morgan fingerprint density at radius 2 is 1.86 bits per heavy atom. The van der Waals surface area contributed by atoms with Crippen LogP contribution in [0.25, 0.3) is 0 Å². The summed E-state index contributed by atoms with van der Waals surface area (Å²) >= 11 is 6.02. The summed E-state index contributed by atoms with van der Waals surface area (Å²) in [7, 11) is 0. The zero-order valence-corrected chi connectivity index (χ0v) is 16.7. The van der Waals surface area contributed by atoms with E-state index in [1.807, 2.05) is 23.1 Å². The van der Waals surface area contributed by atoms with Crippen LogP contribution in [0.2, 0.25) is 5.02 Å². The fraction of sp³-hybridized carbons (Fsp3) is 0.435. The molecule has 28 heavy (non-hydrogen) atoms. The molecular formula is C23H25ClN2O2. The van der Waals surface area contributed by atoms with Gasteiger partial charge in [-0.25, -0.2) is 0 Å². The second-order valence-corrected chi connectivity index (χ2v) is 8.91. The van der Waals surface area contributed by atoms with E-state index >= 15 is 0 Å². The van der Waals surface area contributed by atoms with Crippen molar-refractivity contribution in [2.45, 2.75) is 25.3 Å². The molecule has 1 unspecified atom stereocenters. The summed E-state index contributed by atoms with van der Waals surface area (Å²) < 4.78 is 5.43. The molecule has 146 valence electrons. The lowest BCUT2D eigenvalue weighted by molar-refractivity contribution is -0.0876. The Bertz CT molecular complexity index is 880. The Morgan fingerprint density at radius 1 is 1.07 bits per heavy atom. The molecule has 0 bridgehead atoms. The van der Waals surface area contributed by atoms with Gasteiger partial charge in [-0.05, 0) is 61.7 Å². The van der Waals surface area contributed by atoms with Crippen LogP contribution in [0.3, 0.4) is 0 Å². The number of amides is 1. The van der Waals surface area contributed by atoms with Crippen LogP contribution < -0.4 is 4.90 Å². The van der Waals surface area contributed by atoms with Gasteiger partial charge in [0, 0.05) is 34.8 Å². The van der Waals surface area contributed by atoms with Crippen molar-refractivity contribution in [3.63, 3.8) is 0 Å². The average molecular weight is 397 g/mol. The number of likely N-dealkylation sites (tertiary alicyclic amines) is 1. The number of ether oxygens (including phenoxy) is 1. The molecule has 2 aromatic carbocycles. The van der Waals surface area contributed by atoms with Crippen LogP contribution in [0.15, 0.2) is 48.5 Å². The van der Waals surface area contributed by atoms with E-state index in [9.17, 15) is 4.79 Å². The Kier molecular flexibility index (Phi) is 4.66. The van der Waals surface area contributed by atoms with Gasteiger partial charge in [-0.2, -0.15) is 0 Å². The molecular weight excluding hydrogens is 372 g/mol. The first-order valence-corrected chi connectivity index (χ1v) is 10.5. The fourth-order valence-corrected chi connectivity index (χ4v) is 5.12. The Labute approximate surface area is 171 Å². The molecule has 3 aliphatic heterocycles. The van der Waals surface area contributed by atoms with Crippen molar-refractivity contribution in [1.29, 1.82) is 0 Å². The van der Waals surface area contributed by atoms with Crippen LogP contribution in [0.1, 0.15) is 28.8 Å². The molecule has 2 aromatic rings. The van der Waals surface area contributed by atoms with E-state index in [-0.39, 0.29) is 11.3 Å². The van der Waals surface area contributed by atoms with Crippen LogP contribution in [-0.2, 0) is 11.2 Å². The van der Waals surface area contributed by atoms with Crippen molar-refractivity contribution in [1.82, 2.24) is 4.90 Å². The van der Waals surface area contributed by atoms with Gasteiger partial charge >= 0.3 is 0 Å². The van der Waals surface area contributed by atoms with Crippen molar-refractivity contribution < 1.29 is 9.53 Å². The summed E-state index contributed by atoms with van der Waals surface area (Å²) in [6, 6.07) is 16.2. The summed E-state index contributed by atoms with van der Waals surface area (Å²) in [4.78, 5) is 18.0. The van der Waals surface area contributed by atoms with Crippen LogP contribution in [0.5, 0.6) is 0 Å². The normalized spacial score (nSPS) is 25.4. The van der Waals surface area contributed by atoms with Crippen molar-refractivity contribution in [2.75, 3.05) is 37.7 Å². The minimum absolute atomic E-state index is 0.0623. The second-order valence-electron chi connectivity index (χ2n) is 8.47. The average Bonchev–Trinajstić information content (AvgIpc) is 2.66. The molecule has 5 rings (SSSR count). The van der Waals surface area contributed by atoms with Crippen molar-refractivity contribution in [3.05, 3.63) is 64.7 Å². The molecule has 1 amide bonds. The number of carbonyl (C=O) groups is 1. The topological polar surface area (TPSA) is 32.8 Å². The smallest absolute Gasteiger partial charge is 0.258 e. The lowest BCUT2D eigenvalue weighted by Gasteiger charge is -2.51. The Balaban J connectivity index is 1.48. The Morgan fingerprint density at radius 3 is 2.61 bits per heavy atom. The Hall–Kier alpha value is -1.88. The van der Waals surface area contributed by atoms with E-state index in [1.54, 1.807) is 12.1 Å². The summed E-state index contributed by atoms with van der Waals surface area (Å²) in [5, 5.41) is 0.651. The van der Waals surface area contributed by atoms with Gasteiger partial charge in [-0.15, -0.1) is 0 Å². The molecule has 2 saturated heterocycles. The molecule has 3 heterocycles. The van der Waals surface area contributed by atoms with E-state index in [0.29, 0.717) is 16.6 Å². The predicted molar refractivity (Wildman–Crippen MR) is 111 cm³/mol. The number of halogens is 1. The minimum Gasteiger partial charge on any atom is -0.378 e. The number of hydrogen-bond donors (Lipinski definition) is 0. The fourth-order valence-electron chi connectivity index (χ4n) is 5.00. The van der Waals surface area contributed by atoms with Crippen LogP contribution in [0, 0.1) is 5.41 Å². The predicted octanol–water partition coefficient (Wildman–Crippen LogP) is 4.02. The molecule has 3 aliphatic rings. The number of anilines is 1. The van der Waals surface area contributed by atoms with Gasteiger partial charge < -0.3 is 9.64 Å². The summed E-state index contributed by atoms with van der Waals surface area (Å²) in [5.74, 6) is 0.0623. The summed E-state index contributed by atoms with van der Waals surface area (Å²) in [6.07, 6.45) is 3.38. The highest BCUT2D eigenvalue weighted by molar-refractivity contribution is 6.30. The largest absolute Gasteiger partial charge is 0.378 e. The summed E-state index contributed by atoms with van der Waals surface area (Å²) in [5.41, 5.74) is 3.14. The van der Waals surface area contributed by atoms with E-state index < -0.39 is 0 Å². The number of para-hydroxylation sites is 1. The molecule has 0 aromatic heterocycles. The third-order valence-electron chi connectivity index (χ3n) is 6.51. The number of carbonyl (C=O) groups excluding carboxylic acids is 1. The van der Waals surface area contributed by atoms with Crippen LogP contribution in [0.4, 0.5) is 5.69 Å². The van der Waals surface area contributed by atoms with Gasteiger partial charge in [-0.1, -0.05) is 29.8 Å². The van der Waals surface area contributed by atoms with Crippen molar-refractivity contribution >= 4 is 23.2 Å². The number of nitrogens with zero attached hydrogens (tertiary/aromatic N) is 2. The highest BCUT2D eigenvalue weighted by Gasteiger charge is 2.44. The monoisotopic (exact) mass is 396 g/mol. The van der Waals surface area contributed by atoms with Crippen molar-refractivity contribution in [2.24, 2.45) is 5.41 Å². The number of rotatable bonds is 2. The van der Waals surface area contributed by atoms with E-state index in [4.69, 9.17) is 16.3 Å². The molecule has 4 nitrogen and oxygen atoms in total. The SMILES string of the molecule is O=C(c1ccc(Cl)cc1)N1CC2(CCCN(C3COC3)C2)Cc2ccccc21. The van der Waals surface area contributed by atoms with Crippen LogP contribution >= 0.6 is 11.6 Å². The zero-order valence-electron chi connectivity index (χ0n) is 15.9. The lowest BCUT2D eigenvalue weighted by atomic mass is 9.71. The van der Waals surface area contributed by atoms with E-state index in [2.05, 4.69) is 23.1 Å². The third kappa shape index (κ3) is 3.24. The highest BCUT2D eigenvalue weighted by atomic mass is 35.5. The molecule has 1 spiro atoms. The first kappa shape index (κ1) is 18.2.